The zero-order valence-electron chi connectivity index (χ0n) is 12.3. The molecule has 2 aromatic carbocycles. The third kappa shape index (κ3) is 3.62. The lowest BCUT2D eigenvalue weighted by Crippen LogP contribution is -2.13. The van der Waals surface area contributed by atoms with Crippen LogP contribution in [0.4, 0.5) is 14.5 Å². The molecule has 1 N–H and O–H groups in total. The van der Waals surface area contributed by atoms with E-state index in [9.17, 15) is 17.2 Å². The standard InChI is InChI=1S/C16H17F2NO2S/c1-3-11(2)12-4-6-13(7-5-12)19-22(20,21)14-8-9-15(17)16(18)10-14/h4-11,19H,3H2,1-2H3. The van der Waals surface area contributed by atoms with Crippen molar-refractivity contribution >= 4 is 15.7 Å². The molecule has 1 atom stereocenters. The normalized spacial score (nSPS) is 12.9. The number of benzene rings is 2. The summed E-state index contributed by atoms with van der Waals surface area (Å²) >= 11 is 0. The first-order valence-electron chi connectivity index (χ1n) is 6.91. The van der Waals surface area contributed by atoms with Gasteiger partial charge in [0.05, 0.1) is 4.90 Å². The van der Waals surface area contributed by atoms with Gasteiger partial charge in [-0.05, 0) is 48.2 Å². The molecule has 3 nitrogen and oxygen atoms in total. The van der Waals surface area contributed by atoms with Gasteiger partial charge in [-0.3, -0.25) is 4.72 Å². The Kier molecular flexibility index (Phi) is 4.81. The van der Waals surface area contributed by atoms with Gasteiger partial charge in [0.1, 0.15) is 0 Å². The number of rotatable bonds is 5. The minimum Gasteiger partial charge on any atom is -0.280 e. The van der Waals surface area contributed by atoms with Gasteiger partial charge in [0.25, 0.3) is 10.0 Å². The molecule has 0 saturated carbocycles. The molecule has 2 aromatic rings. The Morgan fingerprint density at radius 1 is 1.05 bits per heavy atom. The number of sulfonamides is 1. The molecule has 0 fully saturated rings. The average molecular weight is 325 g/mol. The summed E-state index contributed by atoms with van der Waals surface area (Å²) < 4.78 is 52.7. The molecule has 0 saturated heterocycles. The van der Waals surface area contributed by atoms with Crippen molar-refractivity contribution in [1.29, 1.82) is 0 Å². The van der Waals surface area contributed by atoms with Crippen molar-refractivity contribution in [1.82, 2.24) is 0 Å². The van der Waals surface area contributed by atoms with Crippen molar-refractivity contribution in [2.75, 3.05) is 4.72 Å². The fraction of sp³-hybridized carbons (Fsp3) is 0.250. The summed E-state index contributed by atoms with van der Waals surface area (Å²) in [5.74, 6) is -1.90. The van der Waals surface area contributed by atoms with Gasteiger partial charge in [-0.1, -0.05) is 26.0 Å². The lowest BCUT2D eigenvalue weighted by molar-refractivity contribution is 0.504. The molecule has 22 heavy (non-hydrogen) atoms. The SMILES string of the molecule is CCC(C)c1ccc(NS(=O)(=O)c2ccc(F)c(F)c2)cc1. The zero-order chi connectivity index (χ0) is 16.3. The smallest absolute Gasteiger partial charge is 0.261 e. The molecule has 6 heteroatoms. The maximum absolute atomic E-state index is 13.2. The summed E-state index contributed by atoms with van der Waals surface area (Å²) in [6, 6.07) is 9.46. The minimum atomic E-state index is -3.95. The van der Waals surface area contributed by atoms with E-state index in [-0.39, 0.29) is 4.90 Å². The zero-order valence-corrected chi connectivity index (χ0v) is 13.1. The van der Waals surface area contributed by atoms with E-state index in [1.807, 2.05) is 12.1 Å². The van der Waals surface area contributed by atoms with E-state index in [2.05, 4.69) is 18.6 Å². The molecule has 2 rings (SSSR count). The lowest BCUT2D eigenvalue weighted by Gasteiger charge is -2.11. The molecule has 0 aliphatic rings. The Hall–Kier alpha value is -1.95. The second kappa shape index (κ2) is 6.44. The Morgan fingerprint density at radius 2 is 1.68 bits per heavy atom. The highest BCUT2D eigenvalue weighted by atomic mass is 32.2. The van der Waals surface area contributed by atoms with Gasteiger partial charge in [-0.15, -0.1) is 0 Å². The van der Waals surface area contributed by atoms with Crippen LogP contribution in [0.3, 0.4) is 0 Å². The van der Waals surface area contributed by atoms with Gasteiger partial charge in [0.2, 0.25) is 0 Å². The van der Waals surface area contributed by atoms with Crippen molar-refractivity contribution in [3.05, 3.63) is 59.7 Å². The van der Waals surface area contributed by atoms with Gasteiger partial charge in [-0.2, -0.15) is 0 Å². The number of halogens is 2. The average Bonchev–Trinajstić information content (AvgIpc) is 2.49. The van der Waals surface area contributed by atoms with Gasteiger partial charge in [0, 0.05) is 5.69 Å². The Balaban J connectivity index is 2.23. The summed E-state index contributed by atoms with van der Waals surface area (Å²) in [7, 11) is -3.95. The minimum absolute atomic E-state index is 0.322. The molecule has 0 aromatic heterocycles. The fourth-order valence-corrected chi connectivity index (χ4v) is 3.04. The van der Waals surface area contributed by atoms with Gasteiger partial charge in [-0.25, -0.2) is 17.2 Å². The van der Waals surface area contributed by atoms with E-state index >= 15 is 0 Å². The van der Waals surface area contributed by atoms with Crippen molar-refractivity contribution in [3.63, 3.8) is 0 Å². The molecule has 118 valence electrons. The lowest BCUT2D eigenvalue weighted by atomic mass is 9.99. The molecule has 0 aliphatic heterocycles. The fourth-order valence-electron chi connectivity index (χ4n) is 1.97. The summed E-state index contributed by atoms with van der Waals surface area (Å²) in [6.07, 6.45) is 0.986. The number of hydrogen-bond donors (Lipinski definition) is 1. The molecule has 0 amide bonds. The summed E-state index contributed by atoms with van der Waals surface area (Å²) in [5, 5.41) is 0. The van der Waals surface area contributed by atoms with Gasteiger partial charge >= 0.3 is 0 Å². The van der Waals surface area contributed by atoms with Crippen molar-refractivity contribution < 1.29 is 17.2 Å². The second-order valence-corrected chi connectivity index (χ2v) is 6.80. The van der Waals surface area contributed by atoms with Crippen LogP contribution in [0.1, 0.15) is 31.7 Å². The molecule has 0 radical (unpaired) electrons. The van der Waals surface area contributed by atoms with E-state index in [4.69, 9.17) is 0 Å². The molecular formula is C16H17F2NO2S. The van der Waals surface area contributed by atoms with Crippen LogP contribution < -0.4 is 4.72 Å². The molecule has 0 aliphatic carbocycles. The van der Waals surface area contributed by atoms with Crippen LogP contribution in [0, 0.1) is 11.6 Å². The summed E-state index contributed by atoms with van der Waals surface area (Å²) in [4.78, 5) is -0.322. The third-order valence-electron chi connectivity index (χ3n) is 3.55. The van der Waals surface area contributed by atoms with E-state index in [1.54, 1.807) is 12.1 Å². The van der Waals surface area contributed by atoms with Crippen molar-refractivity contribution in [2.24, 2.45) is 0 Å². The van der Waals surface area contributed by atoms with Crippen LogP contribution >= 0.6 is 0 Å². The van der Waals surface area contributed by atoms with Crippen LogP contribution in [-0.2, 0) is 10.0 Å². The summed E-state index contributed by atoms with van der Waals surface area (Å²) in [5.41, 5.74) is 1.48. The van der Waals surface area contributed by atoms with Crippen LogP contribution in [0.25, 0.3) is 0 Å². The van der Waals surface area contributed by atoms with Crippen molar-refractivity contribution in [3.8, 4) is 0 Å². The van der Waals surface area contributed by atoms with Gasteiger partial charge < -0.3 is 0 Å². The highest BCUT2D eigenvalue weighted by Crippen LogP contribution is 2.22. The number of anilines is 1. The largest absolute Gasteiger partial charge is 0.280 e. The number of hydrogen-bond acceptors (Lipinski definition) is 2. The first-order chi connectivity index (χ1) is 10.3. The van der Waals surface area contributed by atoms with E-state index in [0.29, 0.717) is 17.7 Å². The second-order valence-electron chi connectivity index (χ2n) is 5.11. The third-order valence-corrected chi connectivity index (χ3v) is 4.92. The Bertz CT molecular complexity index is 758. The highest BCUT2D eigenvalue weighted by Gasteiger charge is 2.16. The van der Waals surface area contributed by atoms with E-state index < -0.39 is 21.7 Å². The topological polar surface area (TPSA) is 46.2 Å². The molecule has 0 bridgehead atoms. The van der Waals surface area contributed by atoms with Crippen LogP contribution in [-0.4, -0.2) is 8.42 Å². The summed E-state index contributed by atoms with van der Waals surface area (Å²) in [6.45, 7) is 4.16. The molecule has 0 heterocycles. The molecular weight excluding hydrogens is 308 g/mol. The maximum Gasteiger partial charge on any atom is 0.261 e. The highest BCUT2D eigenvalue weighted by molar-refractivity contribution is 7.92. The van der Waals surface area contributed by atoms with Crippen LogP contribution in [0.15, 0.2) is 47.4 Å². The first-order valence-corrected chi connectivity index (χ1v) is 8.39. The van der Waals surface area contributed by atoms with E-state index in [0.717, 1.165) is 24.1 Å². The maximum atomic E-state index is 13.2. The first kappa shape index (κ1) is 16.4. The van der Waals surface area contributed by atoms with Gasteiger partial charge in [0.15, 0.2) is 11.6 Å². The molecule has 0 spiro atoms. The molecule has 1 unspecified atom stereocenters. The van der Waals surface area contributed by atoms with E-state index in [1.165, 1.54) is 0 Å². The number of nitrogens with one attached hydrogen (secondary N) is 1. The predicted molar refractivity (Wildman–Crippen MR) is 82.3 cm³/mol. The van der Waals surface area contributed by atoms with Crippen LogP contribution in [0.5, 0.6) is 0 Å². The quantitative estimate of drug-likeness (QED) is 0.892. The Labute approximate surface area is 129 Å². The Morgan fingerprint density at radius 3 is 2.23 bits per heavy atom. The monoisotopic (exact) mass is 325 g/mol. The van der Waals surface area contributed by atoms with Crippen LogP contribution in [0.2, 0.25) is 0 Å². The predicted octanol–water partition coefficient (Wildman–Crippen LogP) is 4.28. The van der Waals surface area contributed by atoms with Crippen molar-refractivity contribution in [2.45, 2.75) is 31.1 Å².